The van der Waals surface area contributed by atoms with Crippen molar-refractivity contribution in [3.63, 3.8) is 0 Å². The molecule has 0 aliphatic rings. The first kappa shape index (κ1) is 21.8. The van der Waals surface area contributed by atoms with Gasteiger partial charge in [0.1, 0.15) is 0 Å². The number of carbonyl (C=O) groups excluding carboxylic acids is 2. The quantitative estimate of drug-likeness (QED) is 0.559. The molecule has 0 aliphatic carbocycles. The Balaban J connectivity index is 2.49. The molecule has 144 valence electrons. The van der Waals surface area contributed by atoms with Gasteiger partial charge < -0.3 is 16.4 Å². The summed E-state index contributed by atoms with van der Waals surface area (Å²) >= 11 is 0. The average Bonchev–Trinajstić information content (AvgIpc) is 2.58. The number of hydrogen-bond acceptors (Lipinski definition) is 4. The fraction of sp³-hybridized carbons (Fsp3) is 0.550. The number of pyridine rings is 1. The molecule has 26 heavy (non-hydrogen) atoms. The lowest BCUT2D eigenvalue weighted by Crippen LogP contribution is -2.34. The lowest BCUT2D eigenvalue weighted by atomic mass is 9.77. The molecule has 4 N–H and O–H groups in total. The zero-order chi connectivity index (χ0) is 19.8. The number of aromatic nitrogens is 1. The summed E-state index contributed by atoms with van der Waals surface area (Å²) in [6, 6.07) is 3.62. The maximum atomic E-state index is 12.3. The van der Waals surface area contributed by atoms with Crippen LogP contribution in [0.1, 0.15) is 52.7 Å². The molecule has 0 bridgehead atoms. The minimum absolute atomic E-state index is 0.0323. The van der Waals surface area contributed by atoms with E-state index in [0.717, 1.165) is 18.5 Å². The standard InChI is InChI=1S/C20H32N4O2/c1-6-17(25)23-14-20(4,5)10-9-19(2,3)11-18(26)24-16-8-7-15(12-21)22-13-16/h6-8,13H,1,9-12,14,21H2,2-5H3,(H,23,25)(H,24,26). The third kappa shape index (κ3) is 8.25. The van der Waals surface area contributed by atoms with Crippen LogP contribution in [-0.2, 0) is 16.1 Å². The van der Waals surface area contributed by atoms with Crippen molar-refractivity contribution in [2.75, 3.05) is 11.9 Å². The Hall–Kier alpha value is -2.21. The zero-order valence-corrected chi connectivity index (χ0v) is 16.4. The van der Waals surface area contributed by atoms with Crippen LogP contribution in [-0.4, -0.2) is 23.3 Å². The molecule has 0 saturated heterocycles. The lowest BCUT2D eigenvalue weighted by molar-refractivity contribution is -0.118. The molecule has 1 rings (SSSR count). The van der Waals surface area contributed by atoms with Gasteiger partial charge in [-0.05, 0) is 41.9 Å². The molecule has 0 fully saturated rings. The van der Waals surface area contributed by atoms with E-state index in [1.807, 2.05) is 6.07 Å². The van der Waals surface area contributed by atoms with Gasteiger partial charge >= 0.3 is 0 Å². The predicted molar refractivity (Wildman–Crippen MR) is 105 cm³/mol. The minimum atomic E-state index is -0.161. The molecule has 0 unspecified atom stereocenters. The molecule has 0 saturated carbocycles. The molecule has 0 aliphatic heterocycles. The second-order valence-corrected chi connectivity index (χ2v) is 8.22. The van der Waals surface area contributed by atoms with Crippen molar-refractivity contribution in [2.24, 2.45) is 16.6 Å². The minimum Gasteiger partial charge on any atom is -0.352 e. The van der Waals surface area contributed by atoms with Crippen LogP contribution in [0.3, 0.4) is 0 Å². The number of nitrogens with zero attached hydrogens (tertiary/aromatic N) is 1. The van der Waals surface area contributed by atoms with Crippen molar-refractivity contribution >= 4 is 17.5 Å². The number of hydrogen-bond donors (Lipinski definition) is 3. The first-order chi connectivity index (χ1) is 12.1. The van der Waals surface area contributed by atoms with Crippen molar-refractivity contribution in [3.8, 4) is 0 Å². The van der Waals surface area contributed by atoms with E-state index >= 15 is 0 Å². The van der Waals surface area contributed by atoms with Gasteiger partial charge in [0.15, 0.2) is 0 Å². The van der Waals surface area contributed by atoms with Gasteiger partial charge in [-0.1, -0.05) is 34.3 Å². The molecule has 1 aromatic heterocycles. The van der Waals surface area contributed by atoms with E-state index in [2.05, 4.69) is 49.9 Å². The number of anilines is 1. The Morgan fingerprint density at radius 2 is 1.85 bits per heavy atom. The Bertz CT molecular complexity index is 621. The molecule has 0 atom stereocenters. The monoisotopic (exact) mass is 360 g/mol. The second-order valence-electron chi connectivity index (χ2n) is 8.22. The van der Waals surface area contributed by atoms with E-state index in [-0.39, 0.29) is 22.6 Å². The Labute approximate surface area is 156 Å². The van der Waals surface area contributed by atoms with Crippen LogP contribution in [0, 0.1) is 10.8 Å². The van der Waals surface area contributed by atoms with Gasteiger partial charge in [0, 0.05) is 19.5 Å². The van der Waals surface area contributed by atoms with Crippen molar-refractivity contribution in [1.29, 1.82) is 0 Å². The number of nitrogens with one attached hydrogen (secondary N) is 2. The maximum absolute atomic E-state index is 12.3. The number of nitrogens with two attached hydrogens (primary N) is 1. The molecule has 0 spiro atoms. The van der Waals surface area contributed by atoms with Crippen LogP contribution in [0.15, 0.2) is 31.0 Å². The largest absolute Gasteiger partial charge is 0.352 e. The Kier molecular flexibility index (Phi) is 7.96. The summed E-state index contributed by atoms with van der Waals surface area (Å²) in [6.07, 6.45) is 5.09. The molecule has 0 radical (unpaired) electrons. The fourth-order valence-corrected chi connectivity index (χ4v) is 2.51. The number of carbonyl (C=O) groups is 2. The summed E-state index contributed by atoms with van der Waals surface area (Å²) in [5.41, 5.74) is 6.79. The van der Waals surface area contributed by atoms with Crippen molar-refractivity contribution in [1.82, 2.24) is 10.3 Å². The topological polar surface area (TPSA) is 97.1 Å². The van der Waals surface area contributed by atoms with Gasteiger partial charge in [-0.3, -0.25) is 14.6 Å². The molecule has 2 amide bonds. The highest BCUT2D eigenvalue weighted by Gasteiger charge is 2.27. The maximum Gasteiger partial charge on any atom is 0.243 e. The lowest BCUT2D eigenvalue weighted by Gasteiger charge is -2.31. The van der Waals surface area contributed by atoms with Crippen LogP contribution in [0.25, 0.3) is 0 Å². The van der Waals surface area contributed by atoms with Gasteiger partial charge in [0.05, 0.1) is 17.6 Å². The van der Waals surface area contributed by atoms with E-state index in [1.165, 1.54) is 6.08 Å². The fourth-order valence-electron chi connectivity index (χ4n) is 2.51. The molecule has 6 heteroatoms. The summed E-state index contributed by atoms with van der Waals surface area (Å²) in [6.45, 7) is 12.8. The third-order valence-corrected chi connectivity index (χ3v) is 4.36. The number of amides is 2. The summed E-state index contributed by atoms with van der Waals surface area (Å²) in [4.78, 5) is 27.8. The summed E-state index contributed by atoms with van der Waals surface area (Å²) in [5, 5.41) is 5.72. The smallest absolute Gasteiger partial charge is 0.243 e. The zero-order valence-electron chi connectivity index (χ0n) is 16.4. The molecule has 1 aromatic rings. The highest BCUT2D eigenvalue weighted by molar-refractivity contribution is 5.90. The first-order valence-corrected chi connectivity index (χ1v) is 8.92. The van der Waals surface area contributed by atoms with Crippen molar-refractivity contribution in [2.45, 2.75) is 53.5 Å². The Morgan fingerprint density at radius 3 is 2.38 bits per heavy atom. The highest BCUT2D eigenvalue weighted by Crippen LogP contribution is 2.33. The van der Waals surface area contributed by atoms with Gasteiger partial charge in [0.2, 0.25) is 11.8 Å². The predicted octanol–water partition coefficient (Wildman–Crippen LogP) is 3.00. The van der Waals surface area contributed by atoms with Crippen LogP contribution >= 0.6 is 0 Å². The van der Waals surface area contributed by atoms with Gasteiger partial charge in [-0.2, -0.15) is 0 Å². The SMILES string of the molecule is C=CC(=O)NCC(C)(C)CCC(C)(C)CC(=O)Nc1ccc(CN)nc1. The van der Waals surface area contributed by atoms with E-state index in [1.54, 1.807) is 12.3 Å². The van der Waals surface area contributed by atoms with Gasteiger partial charge in [0.25, 0.3) is 0 Å². The highest BCUT2D eigenvalue weighted by atomic mass is 16.2. The van der Waals surface area contributed by atoms with Crippen molar-refractivity contribution in [3.05, 3.63) is 36.7 Å². The number of rotatable bonds is 10. The normalized spacial score (nSPS) is 11.7. The molecule has 0 aromatic carbocycles. The van der Waals surface area contributed by atoms with E-state index < -0.39 is 0 Å². The summed E-state index contributed by atoms with van der Waals surface area (Å²) in [7, 11) is 0. The first-order valence-electron chi connectivity index (χ1n) is 8.92. The third-order valence-electron chi connectivity index (χ3n) is 4.36. The molecule has 1 heterocycles. The summed E-state index contributed by atoms with van der Waals surface area (Å²) in [5.74, 6) is -0.193. The van der Waals surface area contributed by atoms with Crippen molar-refractivity contribution < 1.29 is 9.59 Å². The van der Waals surface area contributed by atoms with E-state index in [4.69, 9.17) is 5.73 Å². The van der Waals surface area contributed by atoms with Crippen LogP contribution in [0.4, 0.5) is 5.69 Å². The molecular formula is C20H32N4O2. The average molecular weight is 361 g/mol. The van der Waals surface area contributed by atoms with Gasteiger partial charge in [-0.15, -0.1) is 0 Å². The van der Waals surface area contributed by atoms with Crippen LogP contribution < -0.4 is 16.4 Å². The Morgan fingerprint density at radius 1 is 1.19 bits per heavy atom. The second kappa shape index (κ2) is 9.48. The summed E-state index contributed by atoms with van der Waals surface area (Å²) < 4.78 is 0. The van der Waals surface area contributed by atoms with Crippen LogP contribution in [0.5, 0.6) is 0 Å². The van der Waals surface area contributed by atoms with Gasteiger partial charge in [-0.25, -0.2) is 0 Å². The van der Waals surface area contributed by atoms with Crippen LogP contribution in [0.2, 0.25) is 0 Å². The van der Waals surface area contributed by atoms with E-state index in [9.17, 15) is 9.59 Å². The molecular weight excluding hydrogens is 328 g/mol. The van der Waals surface area contributed by atoms with E-state index in [0.29, 0.717) is 25.2 Å². The molecule has 6 nitrogen and oxygen atoms in total.